The summed E-state index contributed by atoms with van der Waals surface area (Å²) < 4.78 is 0. The summed E-state index contributed by atoms with van der Waals surface area (Å²) in [5.41, 5.74) is 2.78. The SMILES string of the molecule is O=C(NCc1cccc(Cl)c1)c1csc(C(=O)NO)c1. The Kier molecular flexibility index (Phi) is 4.73. The Morgan fingerprint density at radius 2 is 2.05 bits per heavy atom. The highest BCUT2D eigenvalue weighted by Gasteiger charge is 2.12. The average molecular weight is 311 g/mol. The monoisotopic (exact) mass is 310 g/mol. The third-order valence-corrected chi connectivity index (χ3v) is 3.69. The summed E-state index contributed by atoms with van der Waals surface area (Å²) in [5.74, 6) is -0.929. The van der Waals surface area contributed by atoms with Gasteiger partial charge < -0.3 is 5.32 Å². The second-order valence-corrected chi connectivity index (χ2v) is 5.30. The lowest BCUT2D eigenvalue weighted by Gasteiger charge is -2.04. The molecular formula is C13H11ClN2O3S. The van der Waals surface area contributed by atoms with E-state index in [1.807, 2.05) is 6.07 Å². The van der Waals surface area contributed by atoms with Crippen LogP contribution in [0.25, 0.3) is 0 Å². The van der Waals surface area contributed by atoms with Crippen molar-refractivity contribution in [2.24, 2.45) is 0 Å². The number of rotatable bonds is 4. The number of hydrogen-bond donors (Lipinski definition) is 3. The largest absolute Gasteiger partial charge is 0.348 e. The van der Waals surface area contributed by atoms with Gasteiger partial charge in [0.25, 0.3) is 11.8 Å². The van der Waals surface area contributed by atoms with Gasteiger partial charge in [-0.15, -0.1) is 11.3 Å². The molecule has 0 spiro atoms. The highest BCUT2D eigenvalue weighted by molar-refractivity contribution is 7.12. The van der Waals surface area contributed by atoms with Gasteiger partial charge in [0.05, 0.1) is 10.4 Å². The fourth-order valence-electron chi connectivity index (χ4n) is 1.56. The standard InChI is InChI=1S/C13H11ClN2O3S/c14-10-3-1-2-8(4-10)6-15-12(17)9-5-11(20-7-9)13(18)16-19/h1-5,7,19H,6H2,(H,15,17)(H,16,18). The third kappa shape index (κ3) is 3.57. The fraction of sp³-hybridized carbons (Fsp3) is 0.0769. The number of hydrogen-bond acceptors (Lipinski definition) is 4. The lowest BCUT2D eigenvalue weighted by molar-refractivity contribution is 0.0711. The molecule has 2 rings (SSSR count). The highest BCUT2D eigenvalue weighted by atomic mass is 35.5. The van der Waals surface area contributed by atoms with E-state index in [4.69, 9.17) is 16.8 Å². The Morgan fingerprint density at radius 1 is 1.25 bits per heavy atom. The lowest BCUT2D eigenvalue weighted by atomic mass is 10.2. The van der Waals surface area contributed by atoms with Crippen LogP contribution in [0.15, 0.2) is 35.7 Å². The minimum absolute atomic E-state index is 0.264. The van der Waals surface area contributed by atoms with Crippen molar-refractivity contribution in [2.75, 3.05) is 0 Å². The molecule has 0 saturated heterocycles. The Hall–Kier alpha value is -1.89. The summed E-state index contributed by atoms with van der Waals surface area (Å²) in [5, 5.41) is 13.4. The Bertz CT molecular complexity index is 642. The molecule has 0 unspecified atom stereocenters. The van der Waals surface area contributed by atoms with Gasteiger partial charge >= 0.3 is 0 Å². The van der Waals surface area contributed by atoms with Crippen molar-refractivity contribution in [3.63, 3.8) is 0 Å². The Balaban J connectivity index is 1.98. The smallest absolute Gasteiger partial charge is 0.284 e. The zero-order chi connectivity index (χ0) is 14.5. The van der Waals surface area contributed by atoms with Crippen LogP contribution >= 0.6 is 22.9 Å². The molecule has 0 aliphatic heterocycles. The zero-order valence-corrected chi connectivity index (χ0v) is 11.8. The molecule has 0 aliphatic carbocycles. The first kappa shape index (κ1) is 14.5. The molecule has 0 aliphatic rings. The second kappa shape index (κ2) is 6.51. The first-order chi connectivity index (χ1) is 9.60. The summed E-state index contributed by atoms with van der Waals surface area (Å²) in [6, 6.07) is 8.59. The minimum atomic E-state index is -0.635. The minimum Gasteiger partial charge on any atom is -0.348 e. The van der Waals surface area contributed by atoms with Crippen molar-refractivity contribution in [3.8, 4) is 0 Å². The van der Waals surface area contributed by atoms with Crippen LogP contribution < -0.4 is 10.8 Å². The predicted molar refractivity (Wildman–Crippen MR) is 76.2 cm³/mol. The van der Waals surface area contributed by atoms with Crippen molar-refractivity contribution >= 4 is 34.8 Å². The quantitative estimate of drug-likeness (QED) is 0.599. The fourth-order valence-corrected chi connectivity index (χ4v) is 2.55. The summed E-state index contributed by atoms with van der Waals surface area (Å²) in [4.78, 5) is 23.3. The van der Waals surface area contributed by atoms with Gasteiger partial charge in [0.2, 0.25) is 0 Å². The van der Waals surface area contributed by atoms with Crippen LogP contribution in [0.2, 0.25) is 5.02 Å². The van der Waals surface area contributed by atoms with Crippen molar-refractivity contribution in [3.05, 3.63) is 56.7 Å². The van der Waals surface area contributed by atoms with E-state index in [0.717, 1.165) is 16.9 Å². The van der Waals surface area contributed by atoms with Gasteiger partial charge in [-0.2, -0.15) is 0 Å². The summed E-state index contributed by atoms with van der Waals surface area (Å²) in [7, 11) is 0. The van der Waals surface area contributed by atoms with Crippen LogP contribution in [-0.4, -0.2) is 17.0 Å². The van der Waals surface area contributed by atoms with E-state index in [2.05, 4.69) is 5.32 Å². The molecule has 7 heteroatoms. The number of halogens is 1. The van der Waals surface area contributed by atoms with Crippen LogP contribution in [0.3, 0.4) is 0 Å². The van der Waals surface area contributed by atoms with E-state index in [0.29, 0.717) is 17.1 Å². The molecular weight excluding hydrogens is 300 g/mol. The van der Waals surface area contributed by atoms with Crippen molar-refractivity contribution in [1.29, 1.82) is 0 Å². The van der Waals surface area contributed by atoms with Gasteiger partial charge in [-0.05, 0) is 23.8 Å². The van der Waals surface area contributed by atoms with E-state index in [1.54, 1.807) is 23.6 Å². The molecule has 0 saturated carbocycles. The average Bonchev–Trinajstić information content (AvgIpc) is 2.94. The number of benzene rings is 1. The molecule has 20 heavy (non-hydrogen) atoms. The lowest BCUT2D eigenvalue weighted by Crippen LogP contribution is -2.22. The molecule has 0 fully saturated rings. The number of amides is 2. The normalized spacial score (nSPS) is 10.1. The van der Waals surface area contributed by atoms with Crippen LogP contribution in [0.1, 0.15) is 25.6 Å². The van der Waals surface area contributed by atoms with Gasteiger partial charge in [-0.1, -0.05) is 23.7 Å². The van der Waals surface area contributed by atoms with E-state index in [1.165, 1.54) is 11.5 Å². The Morgan fingerprint density at radius 3 is 2.75 bits per heavy atom. The van der Waals surface area contributed by atoms with Gasteiger partial charge in [0.15, 0.2) is 0 Å². The molecule has 2 amide bonds. The van der Waals surface area contributed by atoms with Gasteiger partial charge in [-0.25, -0.2) is 5.48 Å². The summed E-state index contributed by atoms with van der Waals surface area (Å²) in [6.07, 6.45) is 0. The topological polar surface area (TPSA) is 78.4 Å². The number of hydroxylamine groups is 1. The first-order valence-electron chi connectivity index (χ1n) is 5.66. The van der Waals surface area contributed by atoms with Crippen molar-refractivity contribution in [1.82, 2.24) is 10.8 Å². The highest BCUT2D eigenvalue weighted by Crippen LogP contribution is 2.15. The van der Waals surface area contributed by atoms with Crippen molar-refractivity contribution in [2.45, 2.75) is 6.54 Å². The predicted octanol–water partition coefficient (Wildman–Crippen LogP) is 2.45. The van der Waals surface area contributed by atoms with Crippen LogP contribution in [0.4, 0.5) is 0 Å². The van der Waals surface area contributed by atoms with E-state index < -0.39 is 5.91 Å². The summed E-state index contributed by atoms with van der Waals surface area (Å²) in [6.45, 7) is 0.344. The maximum atomic E-state index is 11.9. The molecule has 1 aromatic carbocycles. The number of carbonyl (C=O) groups is 2. The zero-order valence-electron chi connectivity index (χ0n) is 10.2. The molecule has 104 valence electrons. The molecule has 1 aromatic heterocycles. The molecule has 0 radical (unpaired) electrons. The first-order valence-corrected chi connectivity index (χ1v) is 6.91. The van der Waals surface area contributed by atoms with Gasteiger partial charge in [0.1, 0.15) is 0 Å². The van der Waals surface area contributed by atoms with Crippen LogP contribution in [-0.2, 0) is 6.54 Å². The van der Waals surface area contributed by atoms with Gasteiger partial charge in [0, 0.05) is 16.9 Å². The Labute approximate surface area is 124 Å². The van der Waals surface area contributed by atoms with E-state index >= 15 is 0 Å². The maximum absolute atomic E-state index is 11.9. The van der Waals surface area contributed by atoms with E-state index in [9.17, 15) is 9.59 Å². The molecule has 0 bridgehead atoms. The molecule has 1 heterocycles. The third-order valence-electron chi connectivity index (χ3n) is 2.53. The summed E-state index contributed by atoms with van der Waals surface area (Å²) >= 11 is 6.93. The van der Waals surface area contributed by atoms with E-state index in [-0.39, 0.29) is 10.8 Å². The number of nitrogens with one attached hydrogen (secondary N) is 2. The molecule has 0 atom stereocenters. The molecule has 2 aromatic rings. The van der Waals surface area contributed by atoms with Crippen LogP contribution in [0.5, 0.6) is 0 Å². The number of carbonyl (C=O) groups excluding carboxylic acids is 2. The molecule has 3 N–H and O–H groups in total. The molecule has 5 nitrogen and oxygen atoms in total. The van der Waals surface area contributed by atoms with Gasteiger partial charge in [-0.3, -0.25) is 14.8 Å². The maximum Gasteiger partial charge on any atom is 0.284 e. The van der Waals surface area contributed by atoms with Crippen molar-refractivity contribution < 1.29 is 14.8 Å². The number of thiophene rings is 1. The van der Waals surface area contributed by atoms with Crippen LogP contribution in [0, 0.1) is 0 Å². The second-order valence-electron chi connectivity index (χ2n) is 3.95.